The van der Waals surface area contributed by atoms with Gasteiger partial charge in [0.1, 0.15) is 4.88 Å². The van der Waals surface area contributed by atoms with Gasteiger partial charge in [0.15, 0.2) is 0 Å². The minimum atomic E-state index is -0.881. The first kappa shape index (κ1) is 13.2. The average Bonchev–Trinajstić information content (AvgIpc) is 2.62. The zero-order chi connectivity index (χ0) is 12.1. The first-order valence-electron chi connectivity index (χ1n) is 5.25. The third-order valence-corrected chi connectivity index (χ3v) is 3.61. The van der Waals surface area contributed by atoms with Gasteiger partial charge in [0, 0.05) is 17.5 Å². The molecule has 3 N–H and O–H groups in total. The van der Waals surface area contributed by atoms with E-state index in [-0.39, 0.29) is 12.6 Å². The highest BCUT2D eigenvalue weighted by molar-refractivity contribution is 7.14. The highest BCUT2D eigenvalue weighted by atomic mass is 32.1. The van der Waals surface area contributed by atoms with Crippen molar-refractivity contribution in [3.63, 3.8) is 0 Å². The molecule has 0 aliphatic heterocycles. The van der Waals surface area contributed by atoms with Crippen LogP contribution in [0.1, 0.15) is 33.5 Å². The minimum absolute atomic E-state index is 0.0765. The lowest BCUT2D eigenvalue weighted by molar-refractivity contribution is 0.0702. The molecule has 0 spiro atoms. The molecule has 1 heterocycles. The Morgan fingerprint density at radius 3 is 2.75 bits per heavy atom. The summed E-state index contributed by atoms with van der Waals surface area (Å²) in [6.07, 6.45) is 0.853. The monoisotopic (exact) mass is 243 g/mol. The van der Waals surface area contributed by atoms with Crippen LogP contribution in [0.3, 0.4) is 0 Å². The Morgan fingerprint density at radius 2 is 2.31 bits per heavy atom. The molecule has 1 aromatic heterocycles. The van der Waals surface area contributed by atoms with Crippen molar-refractivity contribution >= 4 is 17.3 Å². The number of hydrogen-bond acceptors (Lipinski definition) is 4. The van der Waals surface area contributed by atoms with Crippen molar-refractivity contribution in [2.45, 2.75) is 32.9 Å². The molecule has 0 aliphatic carbocycles. The number of carbonyl (C=O) groups is 1. The van der Waals surface area contributed by atoms with E-state index in [2.05, 4.69) is 5.32 Å². The van der Waals surface area contributed by atoms with Crippen molar-refractivity contribution < 1.29 is 15.0 Å². The Balaban J connectivity index is 2.63. The Kier molecular flexibility index (Phi) is 4.92. The van der Waals surface area contributed by atoms with Gasteiger partial charge in [-0.2, -0.15) is 0 Å². The van der Waals surface area contributed by atoms with Crippen molar-refractivity contribution in [1.29, 1.82) is 0 Å². The molecular formula is C11H17NO3S. The van der Waals surface area contributed by atoms with E-state index in [1.165, 1.54) is 11.3 Å². The van der Waals surface area contributed by atoms with E-state index in [0.29, 0.717) is 11.4 Å². The summed E-state index contributed by atoms with van der Waals surface area (Å²) in [4.78, 5) is 12.1. The van der Waals surface area contributed by atoms with Gasteiger partial charge >= 0.3 is 5.97 Å². The van der Waals surface area contributed by atoms with Gasteiger partial charge in [-0.3, -0.25) is 0 Å². The van der Waals surface area contributed by atoms with Gasteiger partial charge in [-0.15, -0.1) is 11.3 Å². The standard InChI is InChI=1S/C11H17NO3S/c1-3-9(6-13)12-5-8-4-10(11(14)15)16-7(8)2/h4,9,12-13H,3,5-6H2,1-2H3,(H,14,15). The number of aryl methyl sites for hydroxylation is 1. The molecule has 90 valence electrons. The number of rotatable bonds is 6. The molecule has 1 aromatic rings. The maximum absolute atomic E-state index is 10.8. The van der Waals surface area contributed by atoms with Crippen molar-refractivity contribution in [1.82, 2.24) is 5.32 Å². The van der Waals surface area contributed by atoms with E-state index in [9.17, 15) is 4.79 Å². The maximum atomic E-state index is 10.8. The van der Waals surface area contributed by atoms with Gasteiger partial charge in [0.2, 0.25) is 0 Å². The van der Waals surface area contributed by atoms with Crippen LogP contribution in [0.4, 0.5) is 0 Å². The molecule has 0 saturated carbocycles. The number of aliphatic hydroxyl groups is 1. The van der Waals surface area contributed by atoms with Crippen molar-refractivity contribution in [3.05, 3.63) is 21.4 Å². The Hall–Kier alpha value is -0.910. The lowest BCUT2D eigenvalue weighted by Crippen LogP contribution is -2.31. The van der Waals surface area contributed by atoms with Crippen LogP contribution in [-0.2, 0) is 6.54 Å². The number of hydrogen-bond donors (Lipinski definition) is 3. The van der Waals surface area contributed by atoms with E-state index >= 15 is 0 Å². The molecule has 1 unspecified atom stereocenters. The lowest BCUT2D eigenvalue weighted by atomic mass is 10.2. The van der Waals surface area contributed by atoms with E-state index in [1.807, 2.05) is 13.8 Å². The fourth-order valence-corrected chi connectivity index (χ4v) is 2.27. The first-order chi connectivity index (χ1) is 7.58. The first-order valence-corrected chi connectivity index (χ1v) is 6.07. The van der Waals surface area contributed by atoms with E-state index in [0.717, 1.165) is 16.9 Å². The minimum Gasteiger partial charge on any atom is -0.477 e. The lowest BCUT2D eigenvalue weighted by Gasteiger charge is -2.13. The van der Waals surface area contributed by atoms with Crippen LogP contribution in [0.25, 0.3) is 0 Å². The molecular weight excluding hydrogens is 226 g/mol. The zero-order valence-corrected chi connectivity index (χ0v) is 10.3. The number of aromatic carboxylic acids is 1. The zero-order valence-electron chi connectivity index (χ0n) is 9.49. The molecule has 0 bridgehead atoms. The van der Waals surface area contributed by atoms with E-state index in [1.54, 1.807) is 6.07 Å². The predicted octanol–water partition coefficient (Wildman–Crippen LogP) is 1.62. The molecule has 0 saturated heterocycles. The number of carboxylic acids is 1. The van der Waals surface area contributed by atoms with Crippen LogP contribution in [-0.4, -0.2) is 28.8 Å². The van der Waals surface area contributed by atoms with E-state index in [4.69, 9.17) is 10.2 Å². The number of aliphatic hydroxyl groups excluding tert-OH is 1. The summed E-state index contributed by atoms with van der Waals surface area (Å²) in [5.41, 5.74) is 0.995. The molecule has 1 rings (SSSR count). The van der Waals surface area contributed by atoms with Gasteiger partial charge in [-0.25, -0.2) is 4.79 Å². The van der Waals surface area contributed by atoms with E-state index < -0.39 is 5.97 Å². The molecule has 16 heavy (non-hydrogen) atoms. The second kappa shape index (κ2) is 5.98. The molecule has 4 nitrogen and oxygen atoms in total. The molecule has 0 amide bonds. The SMILES string of the molecule is CCC(CO)NCc1cc(C(=O)O)sc1C. The number of nitrogens with one attached hydrogen (secondary N) is 1. The van der Waals surface area contributed by atoms with Crippen molar-refractivity contribution in [2.75, 3.05) is 6.61 Å². The highest BCUT2D eigenvalue weighted by Crippen LogP contribution is 2.21. The average molecular weight is 243 g/mol. The van der Waals surface area contributed by atoms with Crippen LogP contribution < -0.4 is 5.32 Å². The van der Waals surface area contributed by atoms with Crippen LogP contribution in [0.5, 0.6) is 0 Å². The molecule has 1 atom stereocenters. The Labute approximate surface area is 98.9 Å². The molecule has 0 fully saturated rings. The summed E-state index contributed by atoms with van der Waals surface area (Å²) in [5.74, 6) is -0.881. The van der Waals surface area contributed by atoms with Gasteiger partial charge in [-0.05, 0) is 25.0 Å². The molecule has 0 radical (unpaired) electrons. The summed E-state index contributed by atoms with van der Waals surface area (Å²) in [7, 11) is 0. The van der Waals surface area contributed by atoms with Crippen molar-refractivity contribution in [2.24, 2.45) is 0 Å². The third-order valence-electron chi connectivity index (χ3n) is 2.53. The summed E-state index contributed by atoms with van der Waals surface area (Å²) in [5, 5.41) is 21.0. The fourth-order valence-electron chi connectivity index (χ4n) is 1.39. The quantitative estimate of drug-likeness (QED) is 0.710. The molecule has 5 heteroatoms. The van der Waals surface area contributed by atoms with Crippen LogP contribution in [0.15, 0.2) is 6.07 Å². The highest BCUT2D eigenvalue weighted by Gasteiger charge is 2.11. The largest absolute Gasteiger partial charge is 0.477 e. The Bertz CT molecular complexity index is 358. The smallest absolute Gasteiger partial charge is 0.345 e. The number of carboxylic acid groups (broad SMARTS) is 1. The molecule has 0 aliphatic rings. The summed E-state index contributed by atoms with van der Waals surface area (Å²) >= 11 is 1.29. The van der Waals surface area contributed by atoms with Crippen LogP contribution in [0.2, 0.25) is 0 Å². The predicted molar refractivity (Wildman–Crippen MR) is 64.0 cm³/mol. The van der Waals surface area contributed by atoms with Gasteiger partial charge in [-0.1, -0.05) is 6.92 Å². The van der Waals surface area contributed by atoms with Crippen molar-refractivity contribution in [3.8, 4) is 0 Å². The summed E-state index contributed by atoms with van der Waals surface area (Å²) in [6.45, 7) is 4.62. The van der Waals surface area contributed by atoms with Crippen LogP contribution in [0, 0.1) is 6.92 Å². The Morgan fingerprint density at radius 1 is 1.62 bits per heavy atom. The molecule has 0 aromatic carbocycles. The maximum Gasteiger partial charge on any atom is 0.345 e. The summed E-state index contributed by atoms with van der Waals surface area (Å²) < 4.78 is 0. The second-order valence-electron chi connectivity index (χ2n) is 3.67. The third kappa shape index (κ3) is 3.30. The second-order valence-corrected chi connectivity index (χ2v) is 4.92. The fraction of sp³-hybridized carbons (Fsp3) is 0.545. The summed E-state index contributed by atoms with van der Waals surface area (Å²) in [6, 6.07) is 1.77. The number of thiophene rings is 1. The van der Waals surface area contributed by atoms with Gasteiger partial charge in [0.05, 0.1) is 6.61 Å². The van der Waals surface area contributed by atoms with Gasteiger partial charge in [0.25, 0.3) is 0 Å². The topological polar surface area (TPSA) is 69.6 Å². The normalized spacial score (nSPS) is 12.7. The van der Waals surface area contributed by atoms with Gasteiger partial charge < -0.3 is 15.5 Å². The van der Waals surface area contributed by atoms with Crippen LogP contribution >= 0.6 is 11.3 Å².